The number of carbonyl (C=O) groups is 1. The molecule has 0 spiro atoms. The predicted molar refractivity (Wildman–Crippen MR) is 92.3 cm³/mol. The van der Waals surface area contributed by atoms with Gasteiger partial charge in [-0.15, -0.1) is 11.8 Å². The highest BCUT2D eigenvalue weighted by atomic mass is 16.1. The average molecular weight is 295 g/mol. The first kappa shape index (κ1) is 17.9. The lowest BCUT2D eigenvalue weighted by atomic mass is 10.2. The predicted octanol–water partition coefficient (Wildman–Crippen LogP) is 4.17. The van der Waals surface area contributed by atoms with Crippen LogP contribution in [0.15, 0.2) is 30.3 Å². The number of hydrogen-bond donors (Lipinski definition) is 1. The molecule has 0 saturated heterocycles. The van der Waals surface area contributed by atoms with Gasteiger partial charge in [0.15, 0.2) is 6.04 Å². The molecule has 0 aliphatic heterocycles. The van der Waals surface area contributed by atoms with Crippen LogP contribution in [0.1, 0.15) is 62.7 Å². The highest BCUT2D eigenvalue weighted by Gasteiger charge is 2.08. The Kier molecular flexibility index (Phi) is 9.31. The Morgan fingerprint density at radius 3 is 2.05 bits per heavy atom. The normalized spacial score (nSPS) is 9.41. The van der Waals surface area contributed by atoms with E-state index in [1.807, 2.05) is 18.2 Å². The molecule has 0 radical (unpaired) electrons. The molecule has 2 heteroatoms. The lowest BCUT2D eigenvalue weighted by Gasteiger charge is -2.07. The molecule has 1 aromatic rings. The van der Waals surface area contributed by atoms with Crippen LogP contribution in [-0.2, 0) is 0 Å². The number of hydrogen-bond acceptors (Lipinski definition) is 1. The standard InChI is InChI=1S/C20H25NO/c1-3-5-7-12-16-19(17-13-8-6-4-2)21-20(22)18-14-10-9-11-15-18/h9-11,14-15,19H,3-8H2,1-2H3,(H,21,22). The van der Waals surface area contributed by atoms with Crippen molar-refractivity contribution in [1.29, 1.82) is 0 Å². The van der Waals surface area contributed by atoms with E-state index in [2.05, 4.69) is 42.8 Å². The van der Waals surface area contributed by atoms with Crippen molar-refractivity contribution in [2.24, 2.45) is 0 Å². The maximum absolute atomic E-state index is 12.2. The minimum atomic E-state index is -0.388. The van der Waals surface area contributed by atoms with Gasteiger partial charge in [0.2, 0.25) is 0 Å². The second-order valence-corrected chi connectivity index (χ2v) is 5.12. The van der Waals surface area contributed by atoms with Crippen molar-refractivity contribution in [2.75, 3.05) is 0 Å². The fourth-order valence-electron chi connectivity index (χ4n) is 1.79. The van der Waals surface area contributed by atoms with E-state index in [1.54, 1.807) is 12.1 Å². The molecule has 0 fully saturated rings. The largest absolute Gasteiger partial charge is 0.328 e. The van der Waals surface area contributed by atoms with Crippen LogP contribution >= 0.6 is 0 Å². The van der Waals surface area contributed by atoms with Gasteiger partial charge in [0.05, 0.1) is 0 Å². The molecule has 116 valence electrons. The van der Waals surface area contributed by atoms with Crippen LogP contribution < -0.4 is 5.32 Å². The first-order chi connectivity index (χ1) is 10.8. The average Bonchev–Trinajstić information content (AvgIpc) is 2.56. The number of nitrogens with one attached hydrogen (secondary N) is 1. The molecule has 0 aliphatic carbocycles. The Labute approximate surface area is 134 Å². The second kappa shape index (κ2) is 11.5. The molecule has 1 rings (SSSR count). The van der Waals surface area contributed by atoms with Gasteiger partial charge < -0.3 is 5.32 Å². The summed E-state index contributed by atoms with van der Waals surface area (Å²) in [5.41, 5.74) is 0.637. The number of amides is 1. The Morgan fingerprint density at radius 2 is 1.55 bits per heavy atom. The molecular formula is C20H25NO. The van der Waals surface area contributed by atoms with Gasteiger partial charge in [0.1, 0.15) is 0 Å². The summed E-state index contributed by atoms with van der Waals surface area (Å²) in [6.45, 7) is 4.28. The molecule has 0 aromatic heterocycles. The maximum Gasteiger partial charge on any atom is 0.252 e. The third kappa shape index (κ3) is 7.55. The molecule has 1 aromatic carbocycles. The van der Waals surface area contributed by atoms with Crippen LogP contribution in [0.5, 0.6) is 0 Å². The van der Waals surface area contributed by atoms with Gasteiger partial charge in [0.25, 0.3) is 5.91 Å². The summed E-state index contributed by atoms with van der Waals surface area (Å²) in [5.74, 6) is 12.3. The molecule has 0 heterocycles. The van der Waals surface area contributed by atoms with E-state index in [9.17, 15) is 4.79 Å². The van der Waals surface area contributed by atoms with Gasteiger partial charge in [0, 0.05) is 18.4 Å². The number of unbranched alkanes of at least 4 members (excludes halogenated alkanes) is 4. The maximum atomic E-state index is 12.2. The van der Waals surface area contributed by atoms with Crippen molar-refractivity contribution in [1.82, 2.24) is 5.32 Å². The fourth-order valence-corrected chi connectivity index (χ4v) is 1.79. The van der Waals surface area contributed by atoms with Crippen LogP contribution in [0.3, 0.4) is 0 Å². The van der Waals surface area contributed by atoms with Crippen molar-refractivity contribution >= 4 is 5.91 Å². The summed E-state index contributed by atoms with van der Waals surface area (Å²) in [4.78, 5) is 12.2. The number of carbonyl (C=O) groups excluding carboxylic acids is 1. The zero-order valence-corrected chi connectivity index (χ0v) is 13.6. The zero-order valence-electron chi connectivity index (χ0n) is 13.6. The minimum absolute atomic E-state index is 0.125. The van der Waals surface area contributed by atoms with Crippen LogP contribution in [0.25, 0.3) is 0 Å². The lowest BCUT2D eigenvalue weighted by Crippen LogP contribution is -2.32. The first-order valence-electron chi connectivity index (χ1n) is 8.10. The van der Waals surface area contributed by atoms with E-state index < -0.39 is 0 Å². The highest BCUT2D eigenvalue weighted by Crippen LogP contribution is 1.99. The monoisotopic (exact) mass is 295 g/mol. The van der Waals surface area contributed by atoms with Crippen LogP contribution in [0, 0.1) is 23.7 Å². The topological polar surface area (TPSA) is 29.1 Å². The summed E-state index contributed by atoms with van der Waals surface area (Å²) < 4.78 is 0. The van der Waals surface area contributed by atoms with E-state index in [4.69, 9.17) is 0 Å². The molecular weight excluding hydrogens is 270 g/mol. The summed E-state index contributed by atoms with van der Waals surface area (Å²) in [5, 5.41) is 2.90. The van der Waals surface area contributed by atoms with Gasteiger partial charge in [-0.2, -0.15) is 0 Å². The molecule has 1 amide bonds. The SMILES string of the molecule is CCCCC#CC(C#CCCCC)NC(=O)c1ccccc1. The third-order valence-corrected chi connectivity index (χ3v) is 3.11. The molecule has 1 N–H and O–H groups in total. The Morgan fingerprint density at radius 1 is 1.00 bits per heavy atom. The second-order valence-electron chi connectivity index (χ2n) is 5.12. The molecule has 0 atom stereocenters. The summed E-state index contributed by atoms with van der Waals surface area (Å²) in [6, 6.07) is 8.79. The Balaban J connectivity index is 2.68. The van der Waals surface area contributed by atoms with Gasteiger partial charge in [-0.25, -0.2) is 0 Å². The highest BCUT2D eigenvalue weighted by molar-refractivity contribution is 5.94. The van der Waals surface area contributed by atoms with Gasteiger partial charge in [-0.05, 0) is 25.0 Å². The Hall–Kier alpha value is -2.19. The summed E-state index contributed by atoms with van der Waals surface area (Å²) in [6.07, 6.45) is 6.11. The number of rotatable bonds is 6. The van der Waals surface area contributed by atoms with Gasteiger partial charge in [-0.3, -0.25) is 4.79 Å². The summed E-state index contributed by atoms with van der Waals surface area (Å²) in [7, 11) is 0. The Bertz CT molecular complexity index is 528. The fraction of sp³-hybridized carbons (Fsp3) is 0.450. The molecule has 0 aliphatic rings. The lowest BCUT2D eigenvalue weighted by molar-refractivity contribution is 0.0952. The summed E-state index contributed by atoms with van der Waals surface area (Å²) >= 11 is 0. The zero-order chi connectivity index (χ0) is 16.0. The van der Waals surface area contributed by atoms with Crippen molar-refractivity contribution in [3.05, 3.63) is 35.9 Å². The van der Waals surface area contributed by atoms with E-state index in [1.165, 1.54) is 0 Å². The minimum Gasteiger partial charge on any atom is -0.328 e. The molecule has 0 unspecified atom stereocenters. The quantitative estimate of drug-likeness (QED) is 0.619. The third-order valence-electron chi connectivity index (χ3n) is 3.11. The molecule has 2 nitrogen and oxygen atoms in total. The van der Waals surface area contributed by atoms with Crippen molar-refractivity contribution in [3.8, 4) is 23.7 Å². The van der Waals surface area contributed by atoms with Crippen molar-refractivity contribution in [3.63, 3.8) is 0 Å². The van der Waals surface area contributed by atoms with Crippen LogP contribution in [0.4, 0.5) is 0 Å². The molecule has 22 heavy (non-hydrogen) atoms. The van der Waals surface area contributed by atoms with Gasteiger partial charge >= 0.3 is 0 Å². The smallest absolute Gasteiger partial charge is 0.252 e. The molecule has 0 bridgehead atoms. The van der Waals surface area contributed by atoms with Gasteiger partial charge in [-0.1, -0.05) is 56.7 Å². The van der Waals surface area contributed by atoms with E-state index in [0.29, 0.717) is 5.56 Å². The first-order valence-corrected chi connectivity index (χ1v) is 8.10. The number of benzene rings is 1. The van der Waals surface area contributed by atoms with E-state index >= 15 is 0 Å². The van der Waals surface area contributed by atoms with Crippen LogP contribution in [-0.4, -0.2) is 11.9 Å². The van der Waals surface area contributed by atoms with Crippen LogP contribution in [0.2, 0.25) is 0 Å². The van der Waals surface area contributed by atoms with Crippen molar-refractivity contribution in [2.45, 2.75) is 58.4 Å². The molecule has 0 saturated carbocycles. The van der Waals surface area contributed by atoms with E-state index in [0.717, 1.165) is 38.5 Å². The van der Waals surface area contributed by atoms with E-state index in [-0.39, 0.29) is 11.9 Å². The van der Waals surface area contributed by atoms with Crippen molar-refractivity contribution < 1.29 is 4.79 Å².